The molecule has 98 valence electrons. The van der Waals surface area contributed by atoms with Gasteiger partial charge in [0.25, 0.3) is 5.91 Å². The molecular formula is C13H17BrN2O2. The number of nitrogens with one attached hydrogen (secondary N) is 1. The molecule has 1 aromatic heterocycles. The van der Waals surface area contributed by atoms with Gasteiger partial charge in [-0.05, 0) is 46.8 Å². The van der Waals surface area contributed by atoms with E-state index < -0.39 is 6.10 Å². The summed E-state index contributed by atoms with van der Waals surface area (Å²) in [4.78, 5) is 15.8. The first kappa shape index (κ1) is 13.5. The Morgan fingerprint density at radius 2 is 2.22 bits per heavy atom. The van der Waals surface area contributed by atoms with Crippen LogP contribution < -0.4 is 5.32 Å². The predicted molar refractivity (Wildman–Crippen MR) is 72.2 cm³/mol. The van der Waals surface area contributed by atoms with Crippen molar-refractivity contribution >= 4 is 21.8 Å². The van der Waals surface area contributed by atoms with Gasteiger partial charge in [0, 0.05) is 17.2 Å². The largest absolute Gasteiger partial charge is 0.391 e. The number of rotatable bonds is 4. The van der Waals surface area contributed by atoms with E-state index >= 15 is 0 Å². The van der Waals surface area contributed by atoms with E-state index in [2.05, 4.69) is 26.2 Å². The fourth-order valence-corrected chi connectivity index (χ4v) is 2.54. The summed E-state index contributed by atoms with van der Waals surface area (Å²) in [5, 5.41) is 12.7. The third-order valence-electron chi connectivity index (χ3n) is 3.38. The zero-order valence-corrected chi connectivity index (χ0v) is 11.7. The maximum Gasteiger partial charge on any atom is 0.269 e. The molecule has 18 heavy (non-hydrogen) atoms. The second-order valence-electron chi connectivity index (χ2n) is 4.68. The molecule has 0 bridgehead atoms. The molecule has 1 aliphatic rings. The Morgan fingerprint density at radius 1 is 1.50 bits per heavy atom. The zero-order valence-electron chi connectivity index (χ0n) is 10.1. The average molecular weight is 313 g/mol. The molecule has 0 radical (unpaired) electrons. The highest BCUT2D eigenvalue weighted by atomic mass is 79.9. The minimum absolute atomic E-state index is 0.237. The number of carbonyl (C=O) groups is 1. The molecule has 2 rings (SSSR count). The van der Waals surface area contributed by atoms with Crippen molar-refractivity contribution < 1.29 is 9.90 Å². The van der Waals surface area contributed by atoms with Crippen LogP contribution in [0, 0.1) is 5.92 Å². The highest BCUT2D eigenvalue weighted by Gasteiger charge is 2.23. The molecule has 2 N–H and O–H groups in total. The van der Waals surface area contributed by atoms with Crippen LogP contribution in [0.2, 0.25) is 0 Å². The van der Waals surface area contributed by atoms with E-state index in [1.807, 2.05) is 0 Å². The quantitative estimate of drug-likeness (QED) is 0.895. The summed E-state index contributed by atoms with van der Waals surface area (Å²) < 4.78 is 0.838. The summed E-state index contributed by atoms with van der Waals surface area (Å²) in [6.07, 6.45) is 5.64. The second-order valence-corrected chi connectivity index (χ2v) is 5.60. The first-order valence-electron chi connectivity index (χ1n) is 6.24. The standard InChI is InChI=1S/C13H17BrN2O2/c14-10-5-6-11(15-7-10)13(18)16-8-12(17)9-3-1-2-4-9/h5-7,9,12,17H,1-4,8H2,(H,16,18). The van der Waals surface area contributed by atoms with E-state index in [9.17, 15) is 9.90 Å². The molecule has 1 fully saturated rings. The Balaban J connectivity index is 1.82. The number of halogens is 1. The molecular weight excluding hydrogens is 296 g/mol. The van der Waals surface area contributed by atoms with Crippen LogP contribution in [0.1, 0.15) is 36.2 Å². The lowest BCUT2D eigenvalue weighted by atomic mass is 10.0. The SMILES string of the molecule is O=C(NCC(O)C1CCCC1)c1ccc(Br)cn1. The number of carbonyl (C=O) groups excluding carboxylic acids is 1. The average Bonchev–Trinajstić information content (AvgIpc) is 2.90. The van der Waals surface area contributed by atoms with E-state index in [0.717, 1.165) is 17.3 Å². The van der Waals surface area contributed by atoms with Gasteiger partial charge in [0.15, 0.2) is 0 Å². The highest BCUT2D eigenvalue weighted by molar-refractivity contribution is 9.10. The highest BCUT2D eigenvalue weighted by Crippen LogP contribution is 2.27. The lowest BCUT2D eigenvalue weighted by molar-refractivity contribution is 0.0836. The molecule has 0 saturated heterocycles. The molecule has 1 saturated carbocycles. The van der Waals surface area contributed by atoms with Crippen molar-refractivity contribution in [3.63, 3.8) is 0 Å². The Morgan fingerprint density at radius 3 is 2.83 bits per heavy atom. The molecule has 1 aliphatic carbocycles. The number of pyridine rings is 1. The van der Waals surface area contributed by atoms with Crippen LogP contribution in [0.25, 0.3) is 0 Å². The van der Waals surface area contributed by atoms with Gasteiger partial charge in [-0.2, -0.15) is 0 Å². The molecule has 1 atom stereocenters. The summed E-state index contributed by atoms with van der Waals surface area (Å²) in [5.41, 5.74) is 0.372. The molecule has 1 amide bonds. The van der Waals surface area contributed by atoms with Crippen LogP contribution >= 0.6 is 15.9 Å². The van der Waals surface area contributed by atoms with Crippen molar-refractivity contribution in [2.75, 3.05) is 6.54 Å². The molecule has 0 spiro atoms. The third-order valence-corrected chi connectivity index (χ3v) is 3.84. The summed E-state index contributed by atoms with van der Waals surface area (Å²) in [7, 11) is 0. The normalized spacial score (nSPS) is 17.7. The smallest absolute Gasteiger partial charge is 0.269 e. The Hall–Kier alpha value is -0.940. The van der Waals surface area contributed by atoms with E-state index in [0.29, 0.717) is 18.2 Å². The Labute approximate surface area is 115 Å². The van der Waals surface area contributed by atoms with Gasteiger partial charge in [-0.25, -0.2) is 4.98 Å². The van der Waals surface area contributed by atoms with Crippen molar-refractivity contribution in [1.29, 1.82) is 0 Å². The van der Waals surface area contributed by atoms with Crippen molar-refractivity contribution in [1.82, 2.24) is 10.3 Å². The topological polar surface area (TPSA) is 62.2 Å². The van der Waals surface area contributed by atoms with Gasteiger partial charge in [-0.1, -0.05) is 12.8 Å². The summed E-state index contributed by atoms with van der Waals surface area (Å²) >= 11 is 3.27. The maximum absolute atomic E-state index is 11.8. The molecule has 1 heterocycles. The van der Waals surface area contributed by atoms with Crippen molar-refractivity contribution in [2.45, 2.75) is 31.8 Å². The number of hydrogen-bond donors (Lipinski definition) is 2. The Kier molecular flexibility index (Phi) is 4.72. The zero-order chi connectivity index (χ0) is 13.0. The van der Waals surface area contributed by atoms with Crippen LogP contribution in [0.15, 0.2) is 22.8 Å². The number of hydrogen-bond acceptors (Lipinski definition) is 3. The lowest BCUT2D eigenvalue weighted by Gasteiger charge is -2.17. The van der Waals surface area contributed by atoms with E-state index in [4.69, 9.17) is 0 Å². The van der Waals surface area contributed by atoms with Gasteiger partial charge in [-0.15, -0.1) is 0 Å². The number of nitrogens with zero attached hydrogens (tertiary/aromatic N) is 1. The third kappa shape index (κ3) is 3.53. The van der Waals surface area contributed by atoms with E-state index in [1.165, 1.54) is 12.8 Å². The van der Waals surface area contributed by atoms with Gasteiger partial charge >= 0.3 is 0 Å². The lowest BCUT2D eigenvalue weighted by Crippen LogP contribution is -2.35. The molecule has 0 aromatic carbocycles. The van der Waals surface area contributed by atoms with E-state index in [-0.39, 0.29) is 5.91 Å². The van der Waals surface area contributed by atoms with E-state index in [1.54, 1.807) is 18.3 Å². The van der Waals surface area contributed by atoms with Gasteiger partial charge in [0.1, 0.15) is 5.69 Å². The first-order valence-corrected chi connectivity index (χ1v) is 7.04. The number of aromatic nitrogens is 1. The van der Waals surface area contributed by atoms with Gasteiger partial charge < -0.3 is 10.4 Å². The van der Waals surface area contributed by atoms with Gasteiger partial charge in [0.05, 0.1) is 6.10 Å². The summed E-state index contributed by atoms with van der Waals surface area (Å²) in [6, 6.07) is 3.43. The molecule has 0 aliphatic heterocycles. The monoisotopic (exact) mass is 312 g/mol. The summed E-state index contributed by atoms with van der Waals surface area (Å²) in [5.74, 6) is 0.0997. The maximum atomic E-state index is 11.8. The Bertz CT molecular complexity index is 402. The minimum atomic E-state index is -0.438. The van der Waals surface area contributed by atoms with Crippen LogP contribution in [0.3, 0.4) is 0 Å². The van der Waals surface area contributed by atoms with Crippen LogP contribution in [-0.2, 0) is 0 Å². The summed E-state index contributed by atoms with van der Waals surface area (Å²) in [6.45, 7) is 0.307. The van der Waals surface area contributed by atoms with Crippen LogP contribution in [0.4, 0.5) is 0 Å². The number of aliphatic hydroxyl groups is 1. The van der Waals surface area contributed by atoms with Crippen molar-refractivity contribution in [2.24, 2.45) is 5.92 Å². The fourth-order valence-electron chi connectivity index (χ4n) is 2.31. The van der Waals surface area contributed by atoms with Gasteiger partial charge in [-0.3, -0.25) is 4.79 Å². The second kappa shape index (κ2) is 6.29. The van der Waals surface area contributed by atoms with Crippen LogP contribution in [-0.4, -0.2) is 28.6 Å². The van der Waals surface area contributed by atoms with Crippen molar-refractivity contribution in [3.8, 4) is 0 Å². The number of amides is 1. The van der Waals surface area contributed by atoms with Gasteiger partial charge in [0.2, 0.25) is 0 Å². The van der Waals surface area contributed by atoms with Crippen molar-refractivity contribution in [3.05, 3.63) is 28.5 Å². The molecule has 4 nitrogen and oxygen atoms in total. The molecule has 1 unspecified atom stereocenters. The van der Waals surface area contributed by atoms with Crippen LogP contribution in [0.5, 0.6) is 0 Å². The minimum Gasteiger partial charge on any atom is -0.391 e. The molecule has 1 aromatic rings. The predicted octanol–water partition coefficient (Wildman–Crippen LogP) is 2.12. The molecule has 5 heteroatoms. The first-order chi connectivity index (χ1) is 8.66. The fraction of sp³-hybridized carbons (Fsp3) is 0.538. The number of aliphatic hydroxyl groups excluding tert-OH is 1.